The fraction of sp³-hybridized carbons (Fsp3) is 0.186. The van der Waals surface area contributed by atoms with E-state index >= 15 is 0 Å². The second-order valence-corrected chi connectivity index (χ2v) is 13.2. The van der Waals surface area contributed by atoms with E-state index in [4.69, 9.17) is 32.8 Å². The number of esters is 4. The smallest absolute Gasteiger partial charge is 0.331 e. The Morgan fingerprint density at radius 2 is 1.18 bits per heavy atom. The zero-order valence-corrected chi connectivity index (χ0v) is 31.6. The fourth-order valence-corrected chi connectivity index (χ4v) is 6.07. The lowest BCUT2D eigenvalue weighted by Gasteiger charge is -2.43. The zero-order valence-electron chi connectivity index (χ0n) is 31.6. The summed E-state index contributed by atoms with van der Waals surface area (Å²) in [5.41, 5.74) is -0.176. The first-order valence-corrected chi connectivity index (χ1v) is 18.0. The van der Waals surface area contributed by atoms with E-state index in [9.17, 15) is 49.5 Å². The number of phenolic OH excluding ortho intramolecular Hbond substituents is 5. The molecular weight excluding hydrogens is 788 g/mol. The van der Waals surface area contributed by atoms with Crippen LogP contribution in [0.1, 0.15) is 25.0 Å². The summed E-state index contributed by atoms with van der Waals surface area (Å²) >= 11 is 0. The molecule has 17 heteroatoms. The predicted octanol–water partition coefficient (Wildman–Crippen LogP) is 4.84. The predicted molar refractivity (Wildman–Crippen MR) is 208 cm³/mol. The molecule has 5 N–H and O–H groups in total. The molecule has 1 aliphatic heterocycles. The van der Waals surface area contributed by atoms with Gasteiger partial charge in [0.1, 0.15) is 52.4 Å². The van der Waals surface area contributed by atoms with Gasteiger partial charge < -0.3 is 58.4 Å². The number of hydrogen-bond acceptors (Lipinski definition) is 17. The minimum absolute atomic E-state index is 0.00453. The monoisotopic (exact) mass is 824 g/mol. The van der Waals surface area contributed by atoms with E-state index in [1.807, 2.05) is 0 Å². The first-order chi connectivity index (χ1) is 28.6. The largest absolute Gasteiger partial charge is 0.508 e. The maximum absolute atomic E-state index is 14.3. The van der Waals surface area contributed by atoms with Gasteiger partial charge in [-0.05, 0) is 71.8 Å². The molecule has 0 spiro atoms. The number of rotatable bonds is 12. The van der Waals surface area contributed by atoms with Crippen molar-refractivity contribution in [2.75, 3.05) is 6.61 Å². The first-order valence-electron chi connectivity index (χ1n) is 18.0. The van der Waals surface area contributed by atoms with Crippen LogP contribution >= 0.6 is 0 Å². The number of benzene rings is 4. The lowest BCUT2D eigenvalue weighted by Crippen LogP contribution is -2.63. The number of phenols is 5. The molecule has 60 heavy (non-hydrogen) atoms. The standard InChI is InChI=1S/C43H36O17/c1-22(44)55-39-33(21-54-34(51)17-7-24-3-11-27(46)12-4-24)58-43(42(41(39)56-23(2)45)59-35(52)18-8-25-5-13-28(47)14-6-25)60-40-37(53)36-31(50)19-30(49)20-32(36)57-38(40)26-9-15-29(48)16-10-26/h3-20,33,39,41-43,46-50H,21H2,1-2H3/b17-7+,18-8+/t33-,39-,41+,42-,43+/m1/s1. The number of fused-ring (bicyclic) bond motifs is 1. The molecule has 0 unspecified atom stereocenters. The van der Waals surface area contributed by atoms with Crippen LogP contribution in [-0.2, 0) is 42.9 Å². The Labute approximate surface area is 339 Å². The molecular formula is C43H36O17. The van der Waals surface area contributed by atoms with Crippen LogP contribution in [0, 0.1) is 0 Å². The van der Waals surface area contributed by atoms with Crippen LogP contribution in [0.2, 0.25) is 0 Å². The Morgan fingerprint density at radius 1 is 0.650 bits per heavy atom. The van der Waals surface area contributed by atoms with E-state index in [1.54, 1.807) is 0 Å². The molecule has 0 bridgehead atoms. The van der Waals surface area contributed by atoms with Gasteiger partial charge in [0.05, 0.1) is 0 Å². The minimum atomic E-state index is -1.97. The molecule has 310 valence electrons. The number of carbonyl (C=O) groups is 4. The normalized spacial score (nSPS) is 18.9. The molecule has 2 heterocycles. The summed E-state index contributed by atoms with van der Waals surface area (Å²) in [5, 5.41) is 49.7. The highest BCUT2D eigenvalue weighted by atomic mass is 16.7. The van der Waals surface area contributed by atoms with Crippen LogP contribution in [0.5, 0.6) is 34.5 Å². The highest BCUT2D eigenvalue weighted by Gasteiger charge is 2.54. The lowest BCUT2D eigenvalue weighted by molar-refractivity contribution is -0.288. The molecule has 1 aromatic heterocycles. The quantitative estimate of drug-likeness (QED) is 0.0641. The Kier molecular flexibility index (Phi) is 12.7. The highest BCUT2D eigenvalue weighted by Crippen LogP contribution is 2.38. The van der Waals surface area contributed by atoms with Crippen LogP contribution in [0.15, 0.2) is 106 Å². The molecule has 6 rings (SSSR count). The molecule has 1 fully saturated rings. The van der Waals surface area contributed by atoms with Crippen molar-refractivity contribution in [1.29, 1.82) is 0 Å². The summed E-state index contributed by atoms with van der Waals surface area (Å²) in [4.78, 5) is 65.8. The van der Waals surface area contributed by atoms with Crippen LogP contribution in [0.25, 0.3) is 34.4 Å². The van der Waals surface area contributed by atoms with Gasteiger partial charge in [0.25, 0.3) is 0 Å². The summed E-state index contributed by atoms with van der Waals surface area (Å²) in [5.74, 6) is -6.18. The second kappa shape index (κ2) is 18.2. The van der Waals surface area contributed by atoms with Gasteiger partial charge >= 0.3 is 23.9 Å². The number of aromatic hydroxyl groups is 5. The molecule has 0 radical (unpaired) electrons. The van der Waals surface area contributed by atoms with Crippen LogP contribution in [-0.4, -0.2) is 86.7 Å². The SMILES string of the molecule is CC(=O)O[C@@H]1[C@@H](OC(=O)/C=C/c2ccc(O)cc2)[C@H](Oc2c(-c3ccc(O)cc3)oc3cc(O)cc(O)c3c2=O)O[C@H](COC(=O)/C=C/c2ccc(O)cc2)[C@H]1OC(C)=O. The summed E-state index contributed by atoms with van der Waals surface area (Å²) in [6, 6.07) is 18.8. The molecule has 0 amide bonds. The van der Waals surface area contributed by atoms with Crippen molar-refractivity contribution in [3.05, 3.63) is 118 Å². The van der Waals surface area contributed by atoms with E-state index in [-0.39, 0.29) is 34.2 Å². The molecule has 5 aromatic rings. The summed E-state index contributed by atoms with van der Waals surface area (Å²) < 4.78 is 40.7. The van der Waals surface area contributed by atoms with E-state index in [1.165, 1.54) is 84.9 Å². The third kappa shape index (κ3) is 10.2. The summed E-state index contributed by atoms with van der Waals surface area (Å²) in [6.07, 6.45) is -4.02. The highest BCUT2D eigenvalue weighted by molar-refractivity contribution is 5.89. The van der Waals surface area contributed by atoms with Gasteiger partial charge in [0, 0.05) is 43.7 Å². The second-order valence-electron chi connectivity index (χ2n) is 13.2. The van der Waals surface area contributed by atoms with Gasteiger partial charge in [-0.1, -0.05) is 24.3 Å². The molecule has 1 aliphatic rings. The van der Waals surface area contributed by atoms with Crippen molar-refractivity contribution in [3.63, 3.8) is 0 Å². The lowest BCUT2D eigenvalue weighted by atomic mass is 9.98. The van der Waals surface area contributed by atoms with Gasteiger partial charge in [0.2, 0.25) is 23.6 Å². The summed E-state index contributed by atoms with van der Waals surface area (Å²) in [6.45, 7) is 1.35. The van der Waals surface area contributed by atoms with Crippen molar-refractivity contribution in [2.45, 2.75) is 44.6 Å². The Balaban J connectivity index is 1.44. The van der Waals surface area contributed by atoms with Crippen LogP contribution in [0.3, 0.4) is 0 Å². The zero-order chi connectivity index (χ0) is 43.1. The van der Waals surface area contributed by atoms with Gasteiger partial charge in [0.15, 0.2) is 18.0 Å². The third-order valence-corrected chi connectivity index (χ3v) is 8.73. The van der Waals surface area contributed by atoms with Gasteiger partial charge in [-0.15, -0.1) is 0 Å². The first kappa shape index (κ1) is 41.8. The van der Waals surface area contributed by atoms with E-state index < -0.39 is 89.3 Å². The Bertz CT molecular complexity index is 2500. The summed E-state index contributed by atoms with van der Waals surface area (Å²) in [7, 11) is 0. The van der Waals surface area contributed by atoms with Crippen molar-refractivity contribution in [3.8, 4) is 45.8 Å². The van der Waals surface area contributed by atoms with Crippen LogP contribution < -0.4 is 10.2 Å². The molecule has 5 atom stereocenters. The fourth-order valence-electron chi connectivity index (χ4n) is 6.07. The topological polar surface area (TPSA) is 255 Å². The van der Waals surface area contributed by atoms with Gasteiger partial charge in [-0.3, -0.25) is 14.4 Å². The van der Waals surface area contributed by atoms with Crippen molar-refractivity contribution in [1.82, 2.24) is 0 Å². The maximum Gasteiger partial charge on any atom is 0.331 e. The molecule has 0 aliphatic carbocycles. The third-order valence-electron chi connectivity index (χ3n) is 8.73. The average Bonchev–Trinajstić information content (AvgIpc) is 3.19. The Morgan fingerprint density at radius 3 is 1.75 bits per heavy atom. The molecule has 0 saturated carbocycles. The van der Waals surface area contributed by atoms with Crippen LogP contribution in [0.4, 0.5) is 0 Å². The van der Waals surface area contributed by atoms with E-state index in [0.717, 1.165) is 38.1 Å². The van der Waals surface area contributed by atoms with Gasteiger partial charge in [-0.25, -0.2) is 9.59 Å². The van der Waals surface area contributed by atoms with E-state index in [0.29, 0.717) is 11.1 Å². The molecule has 17 nitrogen and oxygen atoms in total. The Hall–Kier alpha value is -7.79. The van der Waals surface area contributed by atoms with E-state index in [2.05, 4.69) is 0 Å². The average molecular weight is 825 g/mol. The molecule has 1 saturated heterocycles. The minimum Gasteiger partial charge on any atom is -0.508 e. The van der Waals surface area contributed by atoms with Crippen molar-refractivity contribution < 1.29 is 77.5 Å². The number of ether oxygens (including phenoxy) is 6. The van der Waals surface area contributed by atoms with Crippen molar-refractivity contribution >= 4 is 47.0 Å². The molecule has 4 aromatic carbocycles. The maximum atomic E-state index is 14.3. The van der Waals surface area contributed by atoms with Crippen molar-refractivity contribution in [2.24, 2.45) is 0 Å². The number of carbonyl (C=O) groups excluding carboxylic acids is 4. The number of hydrogen-bond donors (Lipinski definition) is 5. The van der Waals surface area contributed by atoms with Gasteiger partial charge in [-0.2, -0.15) is 0 Å².